The second-order valence-corrected chi connectivity index (χ2v) is 4.95. The lowest BCUT2D eigenvalue weighted by Gasteiger charge is -2.09. The molecule has 1 aromatic carbocycles. The number of halogens is 2. The molecule has 1 rings (SSSR count). The summed E-state index contributed by atoms with van der Waals surface area (Å²) in [5.74, 6) is 0.485. The Labute approximate surface area is 110 Å². The molecule has 16 heavy (non-hydrogen) atoms. The molecule has 0 spiro atoms. The molecule has 0 aromatic heterocycles. The molecule has 2 nitrogen and oxygen atoms in total. The Balaban J connectivity index is 2.40. The van der Waals surface area contributed by atoms with E-state index in [1.165, 1.54) is 0 Å². The Morgan fingerprint density at radius 2 is 2.31 bits per heavy atom. The van der Waals surface area contributed by atoms with Crippen LogP contribution in [0.1, 0.15) is 12.5 Å². The number of nitrogens with one attached hydrogen (secondary N) is 1. The molecule has 0 heterocycles. The van der Waals surface area contributed by atoms with Gasteiger partial charge in [0.15, 0.2) is 0 Å². The minimum atomic E-state index is 0.0371. The molecule has 0 aliphatic carbocycles. The first-order valence-corrected chi connectivity index (χ1v) is 6.69. The summed E-state index contributed by atoms with van der Waals surface area (Å²) < 4.78 is 0. The van der Waals surface area contributed by atoms with Gasteiger partial charge in [0.2, 0.25) is 5.91 Å². The molecule has 1 atom stereocenters. The van der Waals surface area contributed by atoms with Gasteiger partial charge in [-0.3, -0.25) is 4.79 Å². The van der Waals surface area contributed by atoms with Crippen molar-refractivity contribution in [3.05, 3.63) is 34.9 Å². The lowest BCUT2D eigenvalue weighted by molar-refractivity contribution is -0.120. The van der Waals surface area contributed by atoms with Crippen molar-refractivity contribution >= 4 is 33.4 Å². The first-order valence-electron chi connectivity index (χ1n) is 5.19. The fourth-order valence-corrected chi connectivity index (χ4v) is 1.68. The number of benzene rings is 1. The molecular weight excluding hydrogens is 289 g/mol. The van der Waals surface area contributed by atoms with Crippen molar-refractivity contribution in [1.29, 1.82) is 0 Å². The van der Waals surface area contributed by atoms with Crippen molar-refractivity contribution in [3.8, 4) is 0 Å². The van der Waals surface area contributed by atoms with E-state index in [4.69, 9.17) is 11.6 Å². The number of carbonyl (C=O) groups is 1. The van der Waals surface area contributed by atoms with Crippen LogP contribution in [0.15, 0.2) is 24.3 Å². The summed E-state index contributed by atoms with van der Waals surface area (Å²) >= 11 is 9.21. The third-order valence-corrected chi connectivity index (χ3v) is 3.51. The predicted molar refractivity (Wildman–Crippen MR) is 71.1 cm³/mol. The van der Waals surface area contributed by atoms with Crippen LogP contribution in [0.2, 0.25) is 5.02 Å². The molecule has 0 fully saturated rings. The van der Waals surface area contributed by atoms with Crippen LogP contribution < -0.4 is 5.32 Å². The minimum absolute atomic E-state index is 0.0371. The largest absolute Gasteiger partial charge is 0.356 e. The lowest BCUT2D eigenvalue weighted by atomic mass is 10.1. The molecule has 0 bridgehead atoms. The highest BCUT2D eigenvalue weighted by Crippen LogP contribution is 2.11. The number of hydrogen-bond acceptors (Lipinski definition) is 1. The van der Waals surface area contributed by atoms with Gasteiger partial charge in [0.05, 0.1) is 6.42 Å². The molecule has 1 unspecified atom stereocenters. The molecule has 0 aliphatic heterocycles. The van der Waals surface area contributed by atoms with E-state index in [0.717, 1.165) is 10.9 Å². The van der Waals surface area contributed by atoms with Crippen LogP contribution in [0.25, 0.3) is 0 Å². The first-order chi connectivity index (χ1) is 7.61. The van der Waals surface area contributed by atoms with Crippen LogP contribution in [0.5, 0.6) is 0 Å². The normalized spacial score (nSPS) is 12.2. The van der Waals surface area contributed by atoms with Gasteiger partial charge < -0.3 is 5.32 Å². The summed E-state index contributed by atoms with van der Waals surface area (Å²) in [5, 5.41) is 4.45. The maximum atomic E-state index is 11.6. The quantitative estimate of drug-likeness (QED) is 0.832. The Kier molecular flexibility index (Phi) is 5.85. The van der Waals surface area contributed by atoms with Crippen molar-refractivity contribution in [3.63, 3.8) is 0 Å². The minimum Gasteiger partial charge on any atom is -0.356 e. The van der Waals surface area contributed by atoms with Crippen molar-refractivity contribution in [2.75, 3.05) is 11.9 Å². The third-order valence-electron chi connectivity index (χ3n) is 2.16. The van der Waals surface area contributed by atoms with E-state index >= 15 is 0 Å². The van der Waals surface area contributed by atoms with Gasteiger partial charge in [-0.05, 0) is 23.6 Å². The van der Waals surface area contributed by atoms with Crippen LogP contribution in [-0.4, -0.2) is 17.8 Å². The molecule has 0 radical (unpaired) electrons. The number of rotatable bonds is 5. The summed E-state index contributed by atoms with van der Waals surface area (Å²) in [5.41, 5.74) is 0.941. The number of amides is 1. The highest BCUT2D eigenvalue weighted by atomic mass is 79.9. The maximum Gasteiger partial charge on any atom is 0.224 e. The number of alkyl halides is 1. The first kappa shape index (κ1) is 13.5. The van der Waals surface area contributed by atoms with E-state index in [0.29, 0.717) is 23.9 Å². The van der Waals surface area contributed by atoms with Crippen LogP contribution in [0, 0.1) is 5.92 Å². The molecule has 0 aliphatic rings. The Bertz CT molecular complexity index is 357. The highest BCUT2D eigenvalue weighted by Gasteiger charge is 2.05. The van der Waals surface area contributed by atoms with Gasteiger partial charge in [-0.15, -0.1) is 0 Å². The topological polar surface area (TPSA) is 29.1 Å². The zero-order valence-corrected chi connectivity index (χ0v) is 11.5. The molecule has 4 heteroatoms. The fraction of sp³-hybridized carbons (Fsp3) is 0.417. The van der Waals surface area contributed by atoms with Crippen LogP contribution in [-0.2, 0) is 11.2 Å². The Hall–Kier alpha value is -0.540. The van der Waals surface area contributed by atoms with Gasteiger partial charge in [-0.1, -0.05) is 46.6 Å². The second kappa shape index (κ2) is 6.92. The second-order valence-electron chi connectivity index (χ2n) is 3.87. The van der Waals surface area contributed by atoms with Crippen molar-refractivity contribution in [2.45, 2.75) is 13.3 Å². The number of hydrogen-bond donors (Lipinski definition) is 1. The van der Waals surface area contributed by atoms with Crippen LogP contribution >= 0.6 is 27.5 Å². The van der Waals surface area contributed by atoms with Crippen molar-refractivity contribution in [2.24, 2.45) is 5.92 Å². The van der Waals surface area contributed by atoms with Gasteiger partial charge in [-0.2, -0.15) is 0 Å². The summed E-state index contributed by atoms with van der Waals surface area (Å²) in [6.07, 6.45) is 0.384. The van der Waals surface area contributed by atoms with Crippen molar-refractivity contribution < 1.29 is 4.79 Å². The average molecular weight is 305 g/mol. The summed E-state index contributed by atoms with van der Waals surface area (Å²) in [7, 11) is 0. The standard InChI is InChI=1S/C12H15BrClNO/c1-9(7-13)8-15-12(16)6-10-3-2-4-11(14)5-10/h2-5,9H,6-8H2,1H3,(H,15,16). The average Bonchev–Trinajstić information content (AvgIpc) is 2.26. The Morgan fingerprint density at radius 3 is 2.94 bits per heavy atom. The zero-order valence-electron chi connectivity index (χ0n) is 9.17. The highest BCUT2D eigenvalue weighted by molar-refractivity contribution is 9.09. The van der Waals surface area contributed by atoms with Gasteiger partial charge in [0.1, 0.15) is 0 Å². The summed E-state index contributed by atoms with van der Waals surface area (Å²) in [6.45, 7) is 2.78. The smallest absolute Gasteiger partial charge is 0.224 e. The predicted octanol–water partition coefficient (Wildman–Crippen LogP) is 3.03. The maximum absolute atomic E-state index is 11.6. The Morgan fingerprint density at radius 1 is 1.56 bits per heavy atom. The van der Waals surface area contributed by atoms with E-state index in [1.807, 2.05) is 18.2 Å². The molecular formula is C12H15BrClNO. The fourth-order valence-electron chi connectivity index (χ4n) is 1.24. The zero-order chi connectivity index (χ0) is 12.0. The van der Waals surface area contributed by atoms with E-state index < -0.39 is 0 Å². The number of carbonyl (C=O) groups excluding carboxylic acids is 1. The van der Waals surface area contributed by atoms with Crippen LogP contribution in [0.4, 0.5) is 0 Å². The van der Waals surface area contributed by atoms with E-state index in [1.54, 1.807) is 6.07 Å². The molecule has 1 N–H and O–H groups in total. The molecule has 88 valence electrons. The van der Waals surface area contributed by atoms with Crippen molar-refractivity contribution in [1.82, 2.24) is 5.32 Å². The van der Waals surface area contributed by atoms with Crippen LogP contribution in [0.3, 0.4) is 0 Å². The molecule has 0 saturated carbocycles. The van der Waals surface area contributed by atoms with E-state index in [2.05, 4.69) is 28.2 Å². The summed E-state index contributed by atoms with van der Waals surface area (Å²) in [6, 6.07) is 7.37. The lowest BCUT2D eigenvalue weighted by Crippen LogP contribution is -2.30. The monoisotopic (exact) mass is 303 g/mol. The van der Waals surface area contributed by atoms with Gasteiger partial charge in [0.25, 0.3) is 0 Å². The van der Waals surface area contributed by atoms with E-state index in [-0.39, 0.29) is 5.91 Å². The summed E-state index contributed by atoms with van der Waals surface area (Å²) in [4.78, 5) is 11.6. The molecule has 1 aromatic rings. The van der Waals surface area contributed by atoms with Gasteiger partial charge >= 0.3 is 0 Å². The SMILES string of the molecule is CC(CBr)CNC(=O)Cc1cccc(Cl)c1. The van der Waals surface area contributed by atoms with Gasteiger partial charge in [-0.25, -0.2) is 0 Å². The molecule has 1 amide bonds. The van der Waals surface area contributed by atoms with Gasteiger partial charge in [0, 0.05) is 16.9 Å². The molecule has 0 saturated heterocycles. The van der Waals surface area contributed by atoms with E-state index in [9.17, 15) is 4.79 Å². The third kappa shape index (κ3) is 4.99.